The van der Waals surface area contributed by atoms with E-state index >= 15 is 0 Å². The Labute approximate surface area is 166 Å². The molecule has 1 saturated heterocycles. The number of hydrogen-bond donors (Lipinski definition) is 2. The smallest absolute Gasteiger partial charge is 0.171 e. The van der Waals surface area contributed by atoms with Crippen molar-refractivity contribution in [3.05, 3.63) is 58.6 Å². The Morgan fingerprint density at radius 1 is 1.23 bits per heavy atom. The van der Waals surface area contributed by atoms with Gasteiger partial charge in [0.05, 0.1) is 0 Å². The molecule has 138 valence electrons. The molecule has 0 aromatic heterocycles. The zero-order valence-corrected chi connectivity index (χ0v) is 17.0. The van der Waals surface area contributed by atoms with Crippen molar-refractivity contribution in [1.29, 1.82) is 0 Å². The molecule has 1 heterocycles. The van der Waals surface area contributed by atoms with Gasteiger partial charge in [-0.1, -0.05) is 36.7 Å². The summed E-state index contributed by atoms with van der Waals surface area (Å²) in [5, 5.41) is 7.76. The predicted octanol–water partition coefficient (Wildman–Crippen LogP) is 5.37. The summed E-state index contributed by atoms with van der Waals surface area (Å²) in [6.07, 6.45) is 2.63. The van der Waals surface area contributed by atoms with Gasteiger partial charge in [-0.2, -0.15) is 0 Å². The van der Waals surface area contributed by atoms with Crippen molar-refractivity contribution in [2.75, 3.05) is 23.3 Å². The summed E-state index contributed by atoms with van der Waals surface area (Å²) >= 11 is 11.5. The number of hydrogen-bond acceptors (Lipinski definition) is 2. The van der Waals surface area contributed by atoms with Crippen LogP contribution in [0.4, 0.5) is 11.4 Å². The average Bonchev–Trinajstić information content (AvgIpc) is 2.63. The largest absolute Gasteiger partial charge is 0.371 e. The van der Waals surface area contributed by atoms with Crippen LogP contribution in [0.2, 0.25) is 5.02 Å². The van der Waals surface area contributed by atoms with E-state index in [1.807, 2.05) is 25.1 Å². The monoisotopic (exact) mass is 387 g/mol. The molecule has 26 heavy (non-hydrogen) atoms. The molecule has 0 amide bonds. The Hall–Kier alpha value is -1.78. The van der Waals surface area contributed by atoms with E-state index in [-0.39, 0.29) is 0 Å². The summed E-state index contributed by atoms with van der Waals surface area (Å²) in [6, 6.07) is 14.6. The predicted molar refractivity (Wildman–Crippen MR) is 116 cm³/mol. The second-order valence-corrected chi connectivity index (χ2v) is 7.95. The second-order valence-electron chi connectivity index (χ2n) is 7.13. The van der Waals surface area contributed by atoms with Crippen molar-refractivity contribution in [3.63, 3.8) is 0 Å². The first kappa shape index (κ1) is 19.0. The van der Waals surface area contributed by atoms with Gasteiger partial charge in [-0.15, -0.1) is 0 Å². The van der Waals surface area contributed by atoms with Gasteiger partial charge in [0.1, 0.15) is 0 Å². The molecule has 1 fully saturated rings. The molecule has 2 N–H and O–H groups in total. The van der Waals surface area contributed by atoms with Gasteiger partial charge >= 0.3 is 0 Å². The summed E-state index contributed by atoms with van der Waals surface area (Å²) < 4.78 is 0. The quantitative estimate of drug-likeness (QED) is 0.689. The lowest BCUT2D eigenvalue weighted by molar-refractivity contribution is 0.447. The molecule has 1 aliphatic heterocycles. The topological polar surface area (TPSA) is 27.3 Å². The Morgan fingerprint density at radius 2 is 2.00 bits per heavy atom. The lowest BCUT2D eigenvalue weighted by atomic mass is 9.99. The van der Waals surface area contributed by atoms with Crippen LogP contribution in [0.3, 0.4) is 0 Å². The minimum atomic E-state index is 0.596. The van der Waals surface area contributed by atoms with Gasteiger partial charge in [0.2, 0.25) is 0 Å². The van der Waals surface area contributed by atoms with Crippen LogP contribution in [0, 0.1) is 12.8 Å². The minimum Gasteiger partial charge on any atom is -0.371 e. The molecule has 1 unspecified atom stereocenters. The van der Waals surface area contributed by atoms with Crippen LogP contribution in [0.5, 0.6) is 0 Å². The molecule has 2 aromatic rings. The fourth-order valence-corrected chi connectivity index (χ4v) is 3.65. The number of aryl methyl sites for hydroxylation is 1. The number of piperidine rings is 1. The molecule has 1 aliphatic rings. The number of nitrogens with zero attached hydrogens (tertiary/aromatic N) is 1. The summed E-state index contributed by atoms with van der Waals surface area (Å²) in [5.74, 6) is 0.781. The van der Waals surface area contributed by atoms with E-state index in [2.05, 4.69) is 46.7 Å². The molecule has 2 aromatic carbocycles. The van der Waals surface area contributed by atoms with Crippen molar-refractivity contribution < 1.29 is 0 Å². The van der Waals surface area contributed by atoms with Gasteiger partial charge in [-0.3, -0.25) is 0 Å². The van der Waals surface area contributed by atoms with E-state index in [9.17, 15) is 0 Å². The molecule has 0 bridgehead atoms. The summed E-state index contributed by atoms with van der Waals surface area (Å²) in [7, 11) is 0. The van der Waals surface area contributed by atoms with Crippen LogP contribution < -0.4 is 15.5 Å². The number of halogens is 1. The van der Waals surface area contributed by atoms with Gasteiger partial charge in [-0.25, -0.2) is 0 Å². The van der Waals surface area contributed by atoms with Crippen molar-refractivity contribution in [2.45, 2.75) is 33.2 Å². The van der Waals surface area contributed by atoms with E-state index in [4.69, 9.17) is 23.8 Å². The van der Waals surface area contributed by atoms with Gasteiger partial charge in [0, 0.05) is 36.0 Å². The van der Waals surface area contributed by atoms with Crippen molar-refractivity contribution >= 4 is 40.3 Å². The molecular formula is C21H26ClN3S. The van der Waals surface area contributed by atoms with E-state index in [1.54, 1.807) is 0 Å². The lowest BCUT2D eigenvalue weighted by Gasteiger charge is -2.32. The van der Waals surface area contributed by atoms with E-state index in [1.165, 1.54) is 24.1 Å². The van der Waals surface area contributed by atoms with Crippen molar-refractivity contribution in [1.82, 2.24) is 5.32 Å². The number of benzene rings is 2. The normalized spacial score (nSPS) is 17.0. The minimum absolute atomic E-state index is 0.596. The fourth-order valence-electron chi connectivity index (χ4n) is 3.28. The highest BCUT2D eigenvalue weighted by Crippen LogP contribution is 2.23. The average molecular weight is 388 g/mol. The first-order valence-electron chi connectivity index (χ1n) is 9.16. The fraction of sp³-hybridized carbons (Fsp3) is 0.381. The highest BCUT2D eigenvalue weighted by atomic mass is 35.5. The van der Waals surface area contributed by atoms with Gasteiger partial charge in [0.25, 0.3) is 0 Å². The van der Waals surface area contributed by atoms with Crippen LogP contribution in [0.15, 0.2) is 42.5 Å². The maximum atomic E-state index is 6.15. The zero-order valence-electron chi connectivity index (χ0n) is 15.4. The maximum absolute atomic E-state index is 6.15. The zero-order chi connectivity index (χ0) is 18.5. The highest BCUT2D eigenvalue weighted by molar-refractivity contribution is 7.80. The second kappa shape index (κ2) is 8.74. The molecule has 0 aliphatic carbocycles. The standard InChI is InChI=1S/C21H26ClN3S/c1-15-4-3-11-25(14-15)19-9-6-17(7-10-19)13-23-21(26)24-18-8-5-16(2)20(22)12-18/h5-10,12,15H,3-4,11,13-14H2,1-2H3,(H2,23,24,26). The molecule has 0 saturated carbocycles. The highest BCUT2D eigenvalue weighted by Gasteiger charge is 2.16. The van der Waals surface area contributed by atoms with E-state index in [0.717, 1.165) is 35.3 Å². The Morgan fingerprint density at radius 3 is 2.69 bits per heavy atom. The molecule has 0 radical (unpaired) electrons. The third-order valence-electron chi connectivity index (χ3n) is 4.84. The van der Waals surface area contributed by atoms with Crippen LogP contribution in [-0.2, 0) is 6.54 Å². The molecule has 3 rings (SSSR count). The van der Waals surface area contributed by atoms with Gasteiger partial charge in [-0.05, 0) is 73.3 Å². The van der Waals surface area contributed by atoms with Crippen LogP contribution in [-0.4, -0.2) is 18.2 Å². The first-order valence-corrected chi connectivity index (χ1v) is 9.95. The number of thiocarbonyl (C=S) groups is 1. The third kappa shape index (κ3) is 5.12. The van der Waals surface area contributed by atoms with E-state index in [0.29, 0.717) is 11.7 Å². The van der Waals surface area contributed by atoms with Crippen LogP contribution >= 0.6 is 23.8 Å². The maximum Gasteiger partial charge on any atom is 0.171 e. The Balaban J connectivity index is 1.51. The molecule has 1 atom stereocenters. The summed E-state index contributed by atoms with van der Waals surface area (Å²) in [4.78, 5) is 2.48. The summed E-state index contributed by atoms with van der Waals surface area (Å²) in [6.45, 7) is 7.33. The van der Waals surface area contributed by atoms with E-state index < -0.39 is 0 Å². The molecule has 0 spiro atoms. The summed E-state index contributed by atoms with van der Waals surface area (Å²) in [5.41, 5.74) is 4.48. The molecular weight excluding hydrogens is 362 g/mol. The van der Waals surface area contributed by atoms with Crippen molar-refractivity contribution in [3.8, 4) is 0 Å². The van der Waals surface area contributed by atoms with Crippen molar-refractivity contribution in [2.24, 2.45) is 5.92 Å². The van der Waals surface area contributed by atoms with Gasteiger partial charge < -0.3 is 15.5 Å². The number of rotatable bonds is 4. The molecule has 5 heteroatoms. The first-order chi connectivity index (χ1) is 12.5. The SMILES string of the molecule is Cc1ccc(NC(=S)NCc2ccc(N3CCCC(C)C3)cc2)cc1Cl. The Kier molecular flexibility index (Phi) is 6.38. The Bertz CT molecular complexity index is 760. The van der Waals surface area contributed by atoms with Crippen LogP contribution in [0.1, 0.15) is 30.9 Å². The lowest BCUT2D eigenvalue weighted by Crippen LogP contribution is -2.34. The molecule has 3 nitrogen and oxygen atoms in total. The van der Waals surface area contributed by atoms with Crippen LogP contribution in [0.25, 0.3) is 0 Å². The third-order valence-corrected chi connectivity index (χ3v) is 5.49. The number of nitrogens with one attached hydrogen (secondary N) is 2. The van der Waals surface area contributed by atoms with Gasteiger partial charge in [0.15, 0.2) is 5.11 Å². The number of anilines is 2.